The molecule has 5 heteroatoms. The lowest BCUT2D eigenvalue weighted by Crippen LogP contribution is -2.13. The van der Waals surface area contributed by atoms with Crippen molar-refractivity contribution in [3.63, 3.8) is 0 Å². The first kappa shape index (κ1) is 20.1. The van der Waals surface area contributed by atoms with E-state index in [4.69, 9.17) is 18.9 Å². The van der Waals surface area contributed by atoms with Crippen LogP contribution >= 0.6 is 0 Å². The third-order valence-corrected chi connectivity index (χ3v) is 2.70. The number of esters is 1. The molecule has 0 aromatic rings. The van der Waals surface area contributed by atoms with Gasteiger partial charge in [0, 0.05) is 6.42 Å². The predicted octanol–water partition coefficient (Wildman–Crippen LogP) is 2.74. The molecule has 0 spiro atoms. The number of unbranched alkanes of at least 4 members (excludes halogenated alkanes) is 3. The molecule has 0 saturated carbocycles. The van der Waals surface area contributed by atoms with Crippen LogP contribution in [-0.4, -0.2) is 52.2 Å². The average molecular weight is 302 g/mol. The first-order valence-corrected chi connectivity index (χ1v) is 7.81. The summed E-state index contributed by atoms with van der Waals surface area (Å²) in [5.41, 5.74) is 0. The molecule has 124 valence electrons. The van der Waals surface area contributed by atoms with Gasteiger partial charge in [-0.05, 0) is 6.42 Å². The van der Waals surface area contributed by atoms with Crippen LogP contribution in [-0.2, 0) is 23.7 Å². The number of carbonyl (C=O) groups is 1. The quantitative estimate of drug-likeness (QED) is 0.249. The average Bonchev–Trinajstić information content (AvgIpc) is 2.49. The zero-order valence-electron chi connectivity index (χ0n) is 13.3. The van der Waals surface area contributed by atoms with Gasteiger partial charge in [0.25, 0.3) is 0 Å². The van der Waals surface area contributed by atoms with E-state index >= 15 is 0 Å². The van der Waals surface area contributed by atoms with E-state index in [-0.39, 0.29) is 5.97 Å². The smallest absolute Gasteiger partial charge is 0.305 e. The fourth-order valence-electron chi connectivity index (χ4n) is 1.59. The molecule has 0 bridgehead atoms. The van der Waals surface area contributed by atoms with E-state index in [1.807, 2.05) is 0 Å². The first-order chi connectivity index (χ1) is 10.3. The van der Waals surface area contributed by atoms with E-state index in [2.05, 4.69) is 13.5 Å². The maximum atomic E-state index is 11.3. The minimum atomic E-state index is -0.134. The van der Waals surface area contributed by atoms with Crippen molar-refractivity contribution < 1.29 is 23.7 Å². The molecule has 0 aromatic carbocycles. The summed E-state index contributed by atoms with van der Waals surface area (Å²) in [5.74, 6) is -0.134. The first-order valence-electron chi connectivity index (χ1n) is 7.81. The topological polar surface area (TPSA) is 54.0 Å². The number of carbonyl (C=O) groups excluding carboxylic acids is 1. The Labute approximate surface area is 128 Å². The molecule has 0 saturated heterocycles. The predicted molar refractivity (Wildman–Crippen MR) is 82.4 cm³/mol. The van der Waals surface area contributed by atoms with E-state index in [1.165, 1.54) is 12.8 Å². The summed E-state index contributed by atoms with van der Waals surface area (Å²) in [6, 6.07) is 0. The Bertz CT molecular complexity index is 243. The molecule has 0 unspecified atom stereocenters. The molecule has 5 nitrogen and oxygen atoms in total. The summed E-state index contributed by atoms with van der Waals surface area (Å²) in [6.07, 6.45) is 6.56. The second-order valence-corrected chi connectivity index (χ2v) is 4.62. The molecule has 0 fully saturated rings. The maximum absolute atomic E-state index is 11.3. The lowest BCUT2D eigenvalue weighted by molar-refractivity contribution is -0.145. The Morgan fingerprint density at radius 1 is 0.905 bits per heavy atom. The molecule has 0 aliphatic carbocycles. The van der Waals surface area contributed by atoms with Crippen molar-refractivity contribution in [2.24, 2.45) is 0 Å². The maximum Gasteiger partial charge on any atom is 0.305 e. The molecule has 0 rings (SSSR count). The van der Waals surface area contributed by atoms with Gasteiger partial charge in [-0.3, -0.25) is 4.79 Å². The van der Waals surface area contributed by atoms with E-state index in [9.17, 15) is 4.79 Å². The summed E-state index contributed by atoms with van der Waals surface area (Å²) in [6.45, 7) is 9.09. The fourth-order valence-corrected chi connectivity index (χ4v) is 1.59. The minimum absolute atomic E-state index is 0.134. The second kappa shape index (κ2) is 17.1. The fraction of sp³-hybridized carbons (Fsp3) is 0.812. The van der Waals surface area contributed by atoms with E-state index in [0.29, 0.717) is 52.7 Å². The Kier molecular flexibility index (Phi) is 16.4. The minimum Gasteiger partial charge on any atom is -0.463 e. The van der Waals surface area contributed by atoms with Crippen LogP contribution in [0.2, 0.25) is 0 Å². The van der Waals surface area contributed by atoms with Crippen LogP contribution in [0.5, 0.6) is 0 Å². The van der Waals surface area contributed by atoms with Crippen molar-refractivity contribution in [3.8, 4) is 0 Å². The van der Waals surface area contributed by atoms with Gasteiger partial charge in [0.1, 0.15) is 6.61 Å². The van der Waals surface area contributed by atoms with Crippen LogP contribution in [0.1, 0.15) is 39.0 Å². The molecule has 0 aliphatic heterocycles. The van der Waals surface area contributed by atoms with Gasteiger partial charge >= 0.3 is 5.97 Å². The largest absolute Gasteiger partial charge is 0.463 e. The highest BCUT2D eigenvalue weighted by Gasteiger charge is 2.01. The van der Waals surface area contributed by atoms with Gasteiger partial charge in [-0.25, -0.2) is 0 Å². The van der Waals surface area contributed by atoms with Gasteiger partial charge in [-0.1, -0.05) is 32.3 Å². The van der Waals surface area contributed by atoms with Crippen LogP contribution in [0.15, 0.2) is 12.7 Å². The third-order valence-electron chi connectivity index (χ3n) is 2.70. The molecular formula is C16H30O5. The highest BCUT2D eigenvalue weighted by Crippen LogP contribution is 2.03. The molecule has 21 heavy (non-hydrogen) atoms. The summed E-state index contributed by atoms with van der Waals surface area (Å²) in [5, 5.41) is 0. The molecule has 0 aliphatic rings. The van der Waals surface area contributed by atoms with Crippen molar-refractivity contribution in [2.45, 2.75) is 39.0 Å². The van der Waals surface area contributed by atoms with Crippen LogP contribution in [0.3, 0.4) is 0 Å². The summed E-state index contributed by atoms with van der Waals surface area (Å²) >= 11 is 0. The molecule has 0 atom stereocenters. The van der Waals surface area contributed by atoms with Crippen LogP contribution in [0.4, 0.5) is 0 Å². The Morgan fingerprint density at radius 3 is 2.14 bits per heavy atom. The van der Waals surface area contributed by atoms with Gasteiger partial charge in [0.2, 0.25) is 0 Å². The number of rotatable bonds is 16. The summed E-state index contributed by atoms with van der Waals surface area (Å²) < 4.78 is 20.8. The van der Waals surface area contributed by atoms with Crippen molar-refractivity contribution >= 4 is 5.97 Å². The molecular weight excluding hydrogens is 272 g/mol. The van der Waals surface area contributed by atoms with E-state index in [1.54, 1.807) is 6.08 Å². The Hall–Kier alpha value is -0.910. The van der Waals surface area contributed by atoms with Gasteiger partial charge < -0.3 is 18.9 Å². The zero-order valence-corrected chi connectivity index (χ0v) is 13.3. The summed E-state index contributed by atoms with van der Waals surface area (Å²) in [4.78, 5) is 11.3. The van der Waals surface area contributed by atoms with E-state index < -0.39 is 0 Å². The van der Waals surface area contributed by atoms with Crippen molar-refractivity contribution in [3.05, 3.63) is 12.7 Å². The van der Waals surface area contributed by atoms with Crippen LogP contribution in [0, 0.1) is 0 Å². The van der Waals surface area contributed by atoms with Crippen molar-refractivity contribution in [1.82, 2.24) is 0 Å². The van der Waals surface area contributed by atoms with Crippen LogP contribution in [0.25, 0.3) is 0 Å². The molecule has 0 radical (unpaired) electrons. The normalized spacial score (nSPS) is 10.5. The molecule has 0 heterocycles. The highest BCUT2D eigenvalue weighted by atomic mass is 16.6. The molecule has 0 N–H and O–H groups in total. The Balaban J connectivity index is 3.10. The second-order valence-electron chi connectivity index (χ2n) is 4.62. The van der Waals surface area contributed by atoms with E-state index in [0.717, 1.165) is 12.8 Å². The van der Waals surface area contributed by atoms with Gasteiger partial charge in [-0.15, -0.1) is 6.58 Å². The van der Waals surface area contributed by atoms with Crippen molar-refractivity contribution in [2.75, 3.05) is 46.2 Å². The lowest BCUT2D eigenvalue weighted by atomic mass is 10.2. The summed E-state index contributed by atoms with van der Waals surface area (Å²) in [7, 11) is 0. The SMILES string of the molecule is C=CCOCCOCCOCCOC(=O)CCCCCC. The van der Waals surface area contributed by atoms with Gasteiger partial charge in [-0.2, -0.15) is 0 Å². The third kappa shape index (κ3) is 17.0. The van der Waals surface area contributed by atoms with Gasteiger partial charge in [0.15, 0.2) is 0 Å². The van der Waals surface area contributed by atoms with Crippen LogP contribution < -0.4 is 0 Å². The monoisotopic (exact) mass is 302 g/mol. The molecule has 0 aromatic heterocycles. The highest BCUT2D eigenvalue weighted by molar-refractivity contribution is 5.69. The number of ether oxygens (including phenoxy) is 4. The zero-order chi connectivity index (χ0) is 15.6. The molecule has 0 amide bonds. The number of hydrogen-bond donors (Lipinski definition) is 0. The number of hydrogen-bond acceptors (Lipinski definition) is 5. The lowest BCUT2D eigenvalue weighted by Gasteiger charge is -2.07. The Morgan fingerprint density at radius 2 is 1.52 bits per heavy atom. The standard InChI is InChI=1S/C16H30O5/c1-3-5-6-7-8-16(17)21-15-14-20-13-12-19-11-10-18-9-4-2/h4H,2-3,5-15H2,1H3. The van der Waals surface area contributed by atoms with Crippen molar-refractivity contribution in [1.29, 1.82) is 0 Å². The van der Waals surface area contributed by atoms with Gasteiger partial charge in [0.05, 0.1) is 39.6 Å².